The van der Waals surface area contributed by atoms with Crippen LogP contribution in [0.5, 0.6) is 0 Å². The lowest BCUT2D eigenvalue weighted by atomic mass is 9.74. The maximum atomic E-state index is 5.93. The summed E-state index contributed by atoms with van der Waals surface area (Å²) in [6.45, 7) is 3.11. The molecular formula is C21H27N5. The Kier molecular flexibility index (Phi) is 3.76. The normalized spacial score (nSPS) is 26.8. The second kappa shape index (κ2) is 6.03. The number of piperidine rings is 1. The predicted molar refractivity (Wildman–Crippen MR) is 103 cm³/mol. The van der Waals surface area contributed by atoms with E-state index in [0.717, 1.165) is 44.1 Å². The molecule has 0 bridgehead atoms. The molecule has 2 aliphatic carbocycles. The summed E-state index contributed by atoms with van der Waals surface area (Å²) < 4.78 is 2.20. The van der Waals surface area contributed by atoms with Crippen molar-refractivity contribution in [2.45, 2.75) is 49.6 Å². The molecule has 5 heteroatoms. The van der Waals surface area contributed by atoms with Gasteiger partial charge in [-0.15, -0.1) is 10.2 Å². The van der Waals surface area contributed by atoms with Crippen molar-refractivity contribution in [3.8, 4) is 0 Å². The van der Waals surface area contributed by atoms with Crippen LogP contribution < -0.4 is 5.73 Å². The second-order valence-electron chi connectivity index (χ2n) is 8.31. The van der Waals surface area contributed by atoms with E-state index in [4.69, 9.17) is 5.73 Å². The van der Waals surface area contributed by atoms with Crippen molar-refractivity contribution in [1.82, 2.24) is 19.7 Å². The summed E-state index contributed by atoms with van der Waals surface area (Å²) in [5.74, 6) is 2.70. The van der Waals surface area contributed by atoms with Crippen molar-refractivity contribution in [1.29, 1.82) is 0 Å². The minimum absolute atomic E-state index is 0.250. The number of allylic oxidation sites excluding steroid dienone is 1. The Morgan fingerprint density at radius 1 is 1.15 bits per heavy atom. The Bertz CT molecular complexity index is 838. The predicted octanol–water partition coefficient (Wildman–Crippen LogP) is 2.58. The Morgan fingerprint density at radius 2 is 1.92 bits per heavy atom. The van der Waals surface area contributed by atoms with Crippen LogP contribution >= 0.6 is 0 Å². The number of fused-ring (bicyclic) bond motifs is 2. The van der Waals surface area contributed by atoms with Crippen LogP contribution in [0.15, 0.2) is 30.3 Å². The molecule has 1 aromatic carbocycles. The fourth-order valence-corrected chi connectivity index (χ4v) is 4.92. The first-order valence-electron chi connectivity index (χ1n) is 9.79. The van der Waals surface area contributed by atoms with E-state index >= 15 is 0 Å². The number of hydrogen-bond acceptors (Lipinski definition) is 4. The van der Waals surface area contributed by atoms with Gasteiger partial charge in [-0.2, -0.15) is 0 Å². The smallest absolute Gasteiger partial charge is 0.146 e. The van der Waals surface area contributed by atoms with Crippen LogP contribution in [0.4, 0.5) is 0 Å². The molecule has 1 spiro atoms. The number of rotatable bonds is 3. The van der Waals surface area contributed by atoms with Crippen LogP contribution in [-0.4, -0.2) is 38.8 Å². The van der Waals surface area contributed by atoms with Crippen LogP contribution in [0.1, 0.15) is 54.4 Å². The standard InChI is InChI=1S/C21H27N5/c1-25-19(23-24-20(25)16-12-17(22)13-16)14-26-10-8-21(9-11-26)7-6-15-4-2-3-5-18(15)21/h2-7,16-17H,8-14,22H2,1H3. The summed E-state index contributed by atoms with van der Waals surface area (Å²) in [5.41, 5.74) is 9.10. The first kappa shape index (κ1) is 16.2. The Hall–Kier alpha value is -1.98. The van der Waals surface area contributed by atoms with E-state index in [0.29, 0.717) is 12.0 Å². The van der Waals surface area contributed by atoms with Gasteiger partial charge in [-0.1, -0.05) is 36.4 Å². The first-order chi connectivity index (χ1) is 12.6. The van der Waals surface area contributed by atoms with Gasteiger partial charge in [0.1, 0.15) is 11.6 Å². The lowest BCUT2D eigenvalue weighted by molar-refractivity contribution is 0.172. The molecule has 0 atom stereocenters. The molecule has 5 nitrogen and oxygen atoms in total. The van der Waals surface area contributed by atoms with Crippen LogP contribution in [0, 0.1) is 0 Å². The van der Waals surface area contributed by atoms with Gasteiger partial charge in [0.2, 0.25) is 0 Å². The van der Waals surface area contributed by atoms with Crippen LogP contribution in [0.25, 0.3) is 6.08 Å². The van der Waals surface area contributed by atoms with E-state index < -0.39 is 0 Å². The highest BCUT2D eigenvalue weighted by Gasteiger charge is 2.38. The molecule has 1 aromatic heterocycles. The average molecular weight is 349 g/mol. The maximum Gasteiger partial charge on any atom is 0.146 e. The van der Waals surface area contributed by atoms with Gasteiger partial charge >= 0.3 is 0 Å². The van der Waals surface area contributed by atoms with Gasteiger partial charge in [0.05, 0.1) is 6.54 Å². The summed E-state index contributed by atoms with van der Waals surface area (Å²) in [5, 5.41) is 8.94. The molecular weight excluding hydrogens is 322 g/mol. The highest BCUT2D eigenvalue weighted by molar-refractivity contribution is 5.65. The zero-order valence-electron chi connectivity index (χ0n) is 15.4. The zero-order valence-corrected chi connectivity index (χ0v) is 15.4. The number of nitrogens with zero attached hydrogens (tertiary/aromatic N) is 4. The minimum Gasteiger partial charge on any atom is -0.328 e. The summed E-state index contributed by atoms with van der Waals surface area (Å²) in [7, 11) is 2.11. The van der Waals surface area contributed by atoms with Crippen molar-refractivity contribution in [3.05, 3.63) is 53.1 Å². The highest BCUT2D eigenvalue weighted by atomic mass is 15.3. The number of aromatic nitrogens is 3. The summed E-state index contributed by atoms with van der Waals surface area (Å²) in [6.07, 6.45) is 9.21. The molecule has 2 heterocycles. The van der Waals surface area contributed by atoms with Gasteiger partial charge in [0, 0.05) is 24.4 Å². The monoisotopic (exact) mass is 349 g/mol. The van der Waals surface area contributed by atoms with Gasteiger partial charge in [-0.05, 0) is 49.9 Å². The molecule has 1 aliphatic heterocycles. The molecule has 0 amide bonds. The SMILES string of the molecule is Cn1c(CN2CCC3(C=Cc4ccccc43)CC2)nnc1C1CC(N)C1. The quantitative estimate of drug-likeness (QED) is 0.925. The Morgan fingerprint density at radius 3 is 2.69 bits per heavy atom. The van der Waals surface area contributed by atoms with Crippen molar-refractivity contribution >= 4 is 6.08 Å². The summed E-state index contributed by atoms with van der Waals surface area (Å²) >= 11 is 0. The van der Waals surface area contributed by atoms with Crippen molar-refractivity contribution < 1.29 is 0 Å². The molecule has 2 fully saturated rings. The maximum absolute atomic E-state index is 5.93. The van der Waals surface area contributed by atoms with Gasteiger partial charge in [0.25, 0.3) is 0 Å². The molecule has 1 saturated heterocycles. The number of likely N-dealkylation sites (tertiary alicyclic amines) is 1. The first-order valence-corrected chi connectivity index (χ1v) is 9.79. The molecule has 1 saturated carbocycles. The van der Waals surface area contributed by atoms with E-state index in [1.165, 1.54) is 24.0 Å². The van der Waals surface area contributed by atoms with E-state index in [1.54, 1.807) is 0 Å². The summed E-state index contributed by atoms with van der Waals surface area (Å²) in [6, 6.07) is 9.20. The topological polar surface area (TPSA) is 60.0 Å². The van der Waals surface area contributed by atoms with Crippen molar-refractivity contribution in [2.24, 2.45) is 12.8 Å². The second-order valence-corrected chi connectivity index (χ2v) is 8.31. The third kappa shape index (κ3) is 2.53. The van der Waals surface area contributed by atoms with E-state index in [9.17, 15) is 0 Å². The molecule has 136 valence electrons. The minimum atomic E-state index is 0.250. The number of nitrogens with two attached hydrogens (primary N) is 1. The van der Waals surface area contributed by atoms with Gasteiger partial charge in [-0.3, -0.25) is 4.90 Å². The molecule has 26 heavy (non-hydrogen) atoms. The molecule has 2 aromatic rings. The summed E-state index contributed by atoms with van der Waals surface area (Å²) in [4.78, 5) is 2.53. The van der Waals surface area contributed by atoms with Crippen LogP contribution in [0.2, 0.25) is 0 Å². The van der Waals surface area contributed by atoms with Crippen LogP contribution in [-0.2, 0) is 19.0 Å². The third-order valence-electron chi connectivity index (χ3n) is 6.73. The van der Waals surface area contributed by atoms with Gasteiger partial charge in [-0.25, -0.2) is 0 Å². The average Bonchev–Trinajstić information content (AvgIpc) is 3.17. The molecule has 0 radical (unpaired) electrons. The zero-order chi connectivity index (χ0) is 17.7. The van der Waals surface area contributed by atoms with E-state index in [1.807, 2.05) is 0 Å². The fraction of sp³-hybridized carbons (Fsp3) is 0.524. The Balaban J connectivity index is 1.25. The number of hydrogen-bond donors (Lipinski definition) is 1. The highest BCUT2D eigenvalue weighted by Crippen LogP contribution is 2.43. The van der Waals surface area contributed by atoms with Crippen LogP contribution in [0.3, 0.4) is 0 Å². The Labute approximate surface area is 154 Å². The molecule has 5 rings (SSSR count). The van der Waals surface area contributed by atoms with E-state index in [-0.39, 0.29) is 5.41 Å². The third-order valence-corrected chi connectivity index (χ3v) is 6.73. The van der Waals surface area contributed by atoms with Crippen molar-refractivity contribution in [2.75, 3.05) is 13.1 Å². The number of benzene rings is 1. The molecule has 2 N–H and O–H groups in total. The molecule has 3 aliphatic rings. The lowest BCUT2D eigenvalue weighted by Crippen LogP contribution is -2.41. The largest absolute Gasteiger partial charge is 0.328 e. The lowest BCUT2D eigenvalue weighted by Gasteiger charge is -2.39. The van der Waals surface area contributed by atoms with Crippen molar-refractivity contribution in [3.63, 3.8) is 0 Å². The van der Waals surface area contributed by atoms with E-state index in [2.05, 4.69) is 63.1 Å². The van der Waals surface area contributed by atoms with Gasteiger partial charge in [0.15, 0.2) is 0 Å². The fourth-order valence-electron chi connectivity index (χ4n) is 4.92. The van der Waals surface area contributed by atoms with Gasteiger partial charge < -0.3 is 10.3 Å². The molecule has 0 unspecified atom stereocenters.